The van der Waals surface area contributed by atoms with Gasteiger partial charge in [-0.2, -0.15) is 0 Å². The highest BCUT2D eigenvalue weighted by atomic mass is 31.2. The lowest BCUT2D eigenvalue weighted by molar-refractivity contribution is -0.132. The molecule has 52 valence electrons. The van der Waals surface area contributed by atoms with Crippen LogP contribution in [0.4, 0.5) is 0 Å². The average molecular weight is 150 g/mol. The quantitative estimate of drug-likeness (QED) is 0.519. The van der Waals surface area contributed by atoms with E-state index in [1.54, 1.807) is 0 Å². The fourth-order valence-electron chi connectivity index (χ4n) is 0.419. The Kier molecular flexibility index (Phi) is 2.39. The Labute approximate surface area is 54.1 Å². The molecule has 5 heteroatoms. The molecule has 1 fully saturated rings. The molecule has 0 aromatic heterocycles. The molecule has 0 radical (unpaired) electrons. The smallest absolute Gasteiger partial charge is 0.394 e. The number of hydrogen-bond donors (Lipinski definition) is 0. The molecule has 1 rings (SSSR count). The van der Waals surface area contributed by atoms with Gasteiger partial charge < -0.3 is 4.52 Å². The molecule has 0 bridgehead atoms. The topological polar surface area (TPSA) is 44.8 Å². The van der Waals surface area contributed by atoms with Gasteiger partial charge in [0.05, 0.1) is 13.2 Å². The van der Waals surface area contributed by atoms with Crippen LogP contribution in [0, 0.1) is 0 Å². The van der Waals surface area contributed by atoms with Crippen molar-refractivity contribution >= 4 is 14.6 Å². The van der Waals surface area contributed by atoms with E-state index in [0.717, 1.165) is 0 Å². The fraction of sp³-hybridized carbons (Fsp3) is 0.750. The van der Waals surface area contributed by atoms with Crippen molar-refractivity contribution in [3.8, 4) is 0 Å². The molecule has 1 aliphatic heterocycles. The molecular weight excluding hydrogens is 143 g/mol. The summed E-state index contributed by atoms with van der Waals surface area (Å²) in [6.45, 7) is 2.38. The standard InChI is InChI=1S/C4H7O4P/c1-4(5)8-9-6-2-3-7-9/h2-3H2,1H3. The molecule has 0 aromatic carbocycles. The minimum absolute atomic E-state index is 0.358. The maximum Gasteiger partial charge on any atom is 0.399 e. The molecular formula is C4H7O4P. The van der Waals surface area contributed by atoms with Gasteiger partial charge in [0.25, 0.3) is 0 Å². The van der Waals surface area contributed by atoms with Crippen molar-refractivity contribution in [3.63, 3.8) is 0 Å². The van der Waals surface area contributed by atoms with Crippen LogP contribution in [0.3, 0.4) is 0 Å². The SMILES string of the molecule is CC(=O)OP1OCCO1. The van der Waals surface area contributed by atoms with Gasteiger partial charge in [-0.1, -0.05) is 0 Å². The van der Waals surface area contributed by atoms with Gasteiger partial charge in [-0.05, 0) is 0 Å². The van der Waals surface area contributed by atoms with Crippen LogP contribution >= 0.6 is 8.60 Å². The van der Waals surface area contributed by atoms with E-state index in [1.807, 2.05) is 0 Å². The highest BCUT2D eigenvalue weighted by molar-refractivity contribution is 7.42. The van der Waals surface area contributed by atoms with Crippen LogP contribution in [0.1, 0.15) is 6.92 Å². The minimum Gasteiger partial charge on any atom is -0.394 e. The normalized spacial score (nSPS) is 20.1. The summed E-state index contributed by atoms with van der Waals surface area (Å²) in [6, 6.07) is 0. The largest absolute Gasteiger partial charge is 0.399 e. The van der Waals surface area contributed by atoms with Crippen molar-refractivity contribution in [3.05, 3.63) is 0 Å². The third-order valence-corrected chi connectivity index (χ3v) is 1.87. The van der Waals surface area contributed by atoms with Gasteiger partial charge in [0.15, 0.2) is 0 Å². The summed E-state index contributed by atoms with van der Waals surface area (Å²) >= 11 is 0. The molecule has 0 aliphatic carbocycles. The highest BCUT2D eigenvalue weighted by Crippen LogP contribution is 2.43. The van der Waals surface area contributed by atoms with Crippen LogP contribution in [-0.2, 0) is 18.4 Å². The van der Waals surface area contributed by atoms with Crippen LogP contribution in [0.25, 0.3) is 0 Å². The summed E-state index contributed by atoms with van der Waals surface area (Å²) in [6.07, 6.45) is 0. The van der Waals surface area contributed by atoms with Gasteiger partial charge in [0.1, 0.15) is 0 Å². The van der Waals surface area contributed by atoms with Gasteiger partial charge in [0, 0.05) is 6.92 Å². The van der Waals surface area contributed by atoms with Crippen LogP contribution in [0.2, 0.25) is 0 Å². The molecule has 0 saturated carbocycles. The summed E-state index contributed by atoms with van der Waals surface area (Å²) in [5.74, 6) is -0.358. The third-order valence-electron chi connectivity index (χ3n) is 0.680. The molecule has 0 amide bonds. The van der Waals surface area contributed by atoms with Crippen molar-refractivity contribution in [2.24, 2.45) is 0 Å². The lowest BCUT2D eigenvalue weighted by atomic mass is 10.8. The van der Waals surface area contributed by atoms with E-state index in [0.29, 0.717) is 13.2 Å². The first-order valence-corrected chi connectivity index (χ1v) is 3.63. The first-order valence-electron chi connectivity index (χ1n) is 2.53. The minimum atomic E-state index is -1.33. The maximum atomic E-state index is 10.2. The molecule has 0 N–H and O–H groups in total. The second kappa shape index (κ2) is 3.11. The Morgan fingerprint density at radius 1 is 1.56 bits per heavy atom. The molecule has 1 saturated heterocycles. The lowest BCUT2D eigenvalue weighted by Gasteiger charge is -2.03. The van der Waals surface area contributed by atoms with E-state index in [2.05, 4.69) is 4.52 Å². The summed E-state index contributed by atoms with van der Waals surface area (Å²) in [4.78, 5) is 10.2. The molecule has 9 heavy (non-hydrogen) atoms. The Balaban J connectivity index is 2.19. The summed E-state index contributed by atoms with van der Waals surface area (Å²) in [5.41, 5.74) is 0. The molecule has 0 unspecified atom stereocenters. The van der Waals surface area contributed by atoms with Gasteiger partial charge in [-0.25, -0.2) is 0 Å². The fourth-order valence-corrected chi connectivity index (χ4v) is 1.26. The summed E-state index contributed by atoms with van der Waals surface area (Å²) in [7, 11) is -1.33. The van der Waals surface area contributed by atoms with Crippen LogP contribution in [0.15, 0.2) is 0 Å². The predicted molar refractivity (Wildman–Crippen MR) is 30.6 cm³/mol. The van der Waals surface area contributed by atoms with Crippen LogP contribution in [-0.4, -0.2) is 19.2 Å². The molecule has 0 spiro atoms. The van der Waals surface area contributed by atoms with Gasteiger partial charge >= 0.3 is 14.6 Å². The van der Waals surface area contributed by atoms with E-state index < -0.39 is 8.60 Å². The van der Waals surface area contributed by atoms with E-state index in [-0.39, 0.29) is 5.97 Å². The average Bonchev–Trinajstić information content (AvgIpc) is 2.15. The maximum absolute atomic E-state index is 10.2. The zero-order valence-electron chi connectivity index (χ0n) is 4.99. The Morgan fingerprint density at radius 2 is 2.11 bits per heavy atom. The van der Waals surface area contributed by atoms with Crippen molar-refractivity contribution in [1.82, 2.24) is 0 Å². The first-order chi connectivity index (χ1) is 4.29. The van der Waals surface area contributed by atoms with Gasteiger partial charge in [-0.15, -0.1) is 0 Å². The van der Waals surface area contributed by atoms with Crippen molar-refractivity contribution in [1.29, 1.82) is 0 Å². The van der Waals surface area contributed by atoms with E-state index >= 15 is 0 Å². The molecule has 0 aromatic rings. The first kappa shape index (κ1) is 6.93. The Bertz CT molecular complexity index is 109. The van der Waals surface area contributed by atoms with Crippen molar-refractivity contribution in [2.45, 2.75) is 6.92 Å². The van der Waals surface area contributed by atoms with Crippen LogP contribution in [0.5, 0.6) is 0 Å². The second-order valence-electron chi connectivity index (χ2n) is 1.47. The Morgan fingerprint density at radius 3 is 2.56 bits per heavy atom. The third kappa shape index (κ3) is 2.26. The van der Waals surface area contributed by atoms with E-state index in [1.165, 1.54) is 6.92 Å². The number of carbonyl (C=O) groups is 1. The van der Waals surface area contributed by atoms with Gasteiger partial charge in [-0.3, -0.25) is 13.8 Å². The van der Waals surface area contributed by atoms with Gasteiger partial charge in [0.2, 0.25) is 0 Å². The van der Waals surface area contributed by atoms with E-state index in [4.69, 9.17) is 9.05 Å². The van der Waals surface area contributed by atoms with Crippen LogP contribution < -0.4 is 0 Å². The number of carbonyl (C=O) groups excluding carboxylic acids is 1. The lowest BCUT2D eigenvalue weighted by Crippen LogP contribution is -1.92. The Hall–Kier alpha value is -0.180. The summed E-state index contributed by atoms with van der Waals surface area (Å²) < 4.78 is 14.3. The molecule has 1 heterocycles. The van der Waals surface area contributed by atoms with E-state index in [9.17, 15) is 4.79 Å². The second-order valence-corrected chi connectivity index (χ2v) is 2.62. The zero-order chi connectivity index (χ0) is 6.69. The molecule has 0 atom stereocenters. The molecule has 1 aliphatic rings. The predicted octanol–water partition coefficient (Wildman–Crippen LogP) is 0.823. The summed E-state index contributed by atoms with van der Waals surface area (Å²) in [5, 5.41) is 0. The molecule has 4 nitrogen and oxygen atoms in total. The van der Waals surface area contributed by atoms with Crippen molar-refractivity contribution in [2.75, 3.05) is 13.2 Å². The monoisotopic (exact) mass is 150 g/mol. The number of rotatable bonds is 1. The zero-order valence-corrected chi connectivity index (χ0v) is 5.89. The van der Waals surface area contributed by atoms with Crippen molar-refractivity contribution < 1.29 is 18.4 Å². The number of hydrogen-bond acceptors (Lipinski definition) is 4. The highest BCUT2D eigenvalue weighted by Gasteiger charge is 2.21.